The van der Waals surface area contributed by atoms with Crippen molar-refractivity contribution in [1.29, 1.82) is 0 Å². The molecule has 0 bridgehead atoms. The molecule has 1 aromatic carbocycles. The molecule has 0 unspecified atom stereocenters. The molecule has 0 spiro atoms. The Morgan fingerprint density at radius 3 is 2.38 bits per heavy atom. The Kier molecular flexibility index (Phi) is 4.48. The molecule has 0 saturated heterocycles. The molecule has 1 amide bonds. The van der Waals surface area contributed by atoms with Gasteiger partial charge in [0, 0.05) is 9.75 Å². The Balaban J connectivity index is 1.78. The van der Waals surface area contributed by atoms with Crippen LogP contribution in [-0.2, 0) is 11.2 Å². The molecule has 0 aliphatic heterocycles. The molecule has 0 aliphatic carbocycles. The van der Waals surface area contributed by atoms with Crippen LogP contribution in [0.25, 0.3) is 0 Å². The molecule has 2 heterocycles. The first-order valence-electron chi connectivity index (χ1n) is 6.73. The third-order valence-corrected chi connectivity index (χ3v) is 4.99. The predicted molar refractivity (Wildman–Crippen MR) is 88.8 cm³/mol. The molecule has 21 heavy (non-hydrogen) atoms. The zero-order valence-electron chi connectivity index (χ0n) is 11.4. The number of benzene rings is 1. The number of hydrogen-bond donors (Lipinski definition) is 1. The van der Waals surface area contributed by atoms with Crippen LogP contribution >= 0.6 is 22.7 Å². The first-order chi connectivity index (χ1) is 10.3. The Bertz CT molecular complexity index is 675. The lowest BCUT2D eigenvalue weighted by Crippen LogP contribution is -2.29. The highest BCUT2D eigenvalue weighted by atomic mass is 32.1. The average molecular weight is 313 g/mol. The van der Waals surface area contributed by atoms with Crippen LogP contribution in [-0.4, -0.2) is 5.91 Å². The fraction of sp³-hybridized carbons (Fsp3) is 0.118. The molecular weight excluding hydrogens is 298 g/mol. The number of carbonyl (C=O) groups excluding carboxylic acids is 1. The molecule has 2 aromatic heterocycles. The summed E-state index contributed by atoms with van der Waals surface area (Å²) in [6.07, 6.45) is 0.437. The van der Waals surface area contributed by atoms with E-state index in [9.17, 15) is 4.79 Å². The third kappa shape index (κ3) is 3.60. The smallest absolute Gasteiger partial charge is 0.226 e. The van der Waals surface area contributed by atoms with Gasteiger partial charge >= 0.3 is 0 Å². The van der Waals surface area contributed by atoms with Gasteiger partial charge in [-0.2, -0.15) is 0 Å². The number of rotatable bonds is 5. The first-order valence-corrected chi connectivity index (χ1v) is 8.49. The van der Waals surface area contributed by atoms with Gasteiger partial charge in [0.15, 0.2) is 0 Å². The van der Waals surface area contributed by atoms with Gasteiger partial charge in [-0.05, 0) is 28.5 Å². The van der Waals surface area contributed by atoms with Crippen LogP contribution in [0.1, 0.15) is 21.4 Å². The van der Waals surface area contributed by atoms with Crippen LogP contribution in [0.2, 0.25) is 0 Å². The minimum absolute atomic E-state index is 0.0553. The molecule has 3 aromatic rings. The molecule has 3 rings (SSSR count). The highest BCUT2D eigenvalue weighted by molar-refractivity contribution is 7.10. The Morgan fingerprint density at radius 1 is 0.952 bits per heavy atom. The third-order valence-electron chi connectivity index (χ3n) is 3.18. The van der Waals surface area contributed by atoms with Gasteiger partial charge in [-0.25, -0.2) is 0 Å². The predicted octanol–water partition coefficient (Wildman–Crippen LogP) is 4.26. The second-order valence-electron chi connectivity index (χ2n) is 4.68. The van der Waals surface area contributed by atoms with E-state index in [-0.39, 0.29) is 11.9 Å². The lowest BCUT2D eigenvalue weighted by atomic mass is 10.1. The molecule has 1 N–H and O–H groups in total. The summed E-state index contributed by atoms with van der Waals surface area (Å²) in [5, 5.41) is 7.19. The fourth-order valence-corrected chi connectivity index (χ4v) is 3.71. The summed E-state index contributed by atoms with van der Waals surface area (Å²) in [6, 6.07) is 18.1. The minimum atomic E-state index is -0.0707. The molecule has 2 nitrogen and oxygen atoms in total. The highest BCUT2D eigenvalue weighted by Crippen LogP contribution is 2.26. The van der Waals surface area contributed by atoms with E-state index in [1.807, 2.05) is 47.2 Å². The van der Waals surface area contributed by atoms with E-state index in [1.54, 1.807) is 22.7 Å². The maximum atomic E-state index is 12.3. The van der Waals surface area contributed by atoms with Crippen molar-refractivity contribution in [3.63, 3.8) is 0 Å². The number of nitrogens with one attached hydrogen (secondary N) is 1. The van der Waals surface area contributed by atoms with Gasteiger partial charge in [0.05, 0.1) is 12.5 Å². The van der Waals surface area contributed by atoms with Crippen LogP contribution in [0.5, 0.6) is 0 Å². The number of thiophene rings is 2. The molecule has 106 valence electrons. The van der Waals surface area contributed by atoms with Crippen molar-refractivity contribution >= 4 is 28.6 Å². The van der Waals surface area contributed by atoms with Crippen molar-refractivity contribution in [2.75, 3.05) is 0 Å². The van der Waals surface area contributed by atoms with Gasteiger partial charge in [0.2, 0.25) is 5.91 Å². The van der Waals surface area contributed by atoms with Gasteiger partial charge in [0.25, 0.3) is 0 Å². The summed E-state index contributed by atoms with van der Waals surface area (Å²) >= 11 is 3.28. The average Bonchev–Trinajstić information content (AvgIpc) is 3.19. The fourth-order valence-electron chi connectivity index (χ4n) is 2.20. The second-order valence-corrected chi connectivity index (χ2v) is 6.69. The Labute approximate surface area is 132 Å². The topological polar surface area (TPSA) is 29.1 Å². The zero-order valence-corrected chi connectivity index (χ0v) is 13.0. The van der Waals surface area contributed by atoms with Gasteiger partial charge in [0.1, 0.15) is 0 Å². The Hall–Kier alpha value is -1.91. The Morgan fingerprint density at radius 2 is 1.71 bits per heavy atom. The lowest BCUT2D eigenvalue weighted by molar-refractivity contribution is -0.120. The van der Waals surface area contributed by atoms with Crippen molar-refractivity contribution in [3.05, 3.63) is 80.7 Å². The monoisotopic (exact) mass is 313 g/mol. The normalized spacial score (nSPS) is 12.0. The zero-order chi connectivity index (χ0) is 14.5. The number of hydrogen-bond acceptors (Lipinski definition) is 3. The molecule has 0 radical (unpaired) electrons. The van der Waals surface area contributed by atoms with E-state index in [0.717, 1.165) is 15.3 Å². The van der Waals surface area contributed by atoms with Crippen LogP contribution in [0.4, 0.5) is 0 Å². The van der Waals surface area contributed by atoms with Gasteiger partial charge in [-0.3, -0.25) is 4.79 Å². The molecule has 1 atom stereocenters. The summed E-state index contributed by atoms with van der Waals surface area (Å²) in [5.41, 5.74) is 1.11. The maximum Gasteiger partial charge on any atom is 0.226 e. The summed E-state index contributed by atoms with van der Waals surface area (Å²) in [6.45, 7) is 0. The number of carbonyl (C=O) groups is 1. The molecule has 4 heteroatoms. The minimum Gasteiger partial charge on any atom is -0.344 e. The largest absolute Gasteiger partial charge is 0.344 e. The second kappa shape index (κ2) is 6.70. The summed E-state index contributed by atoms with van der Waals surface area (Å²) < 4.78 is 0. The summed E-state index contributed by atoms with van der Waals surface area (Å²) in [4.78, 5) is 14.5. The van der Waals surface area contributed by atoms with Gasteiger partial charge in [-0.15, -0.1) is 22.7 Å². The van der Waals surface area contributed by atoms with E-state index < -0.39 is 0 Å². The summed E-state index contributed by atoms with van der Waals surface area (Å²) in [5.74, 6) is 0.0553. The van der Waals surface area contributed by atoms with E-state index in [0.29, 0.717) is 6.42 Å². The van der Waals surface area contributed by atoms with E-state index in [2.05, 4.69) is 23.5 Å². The standard InChI is InChI=1S/C17H15NOS2/c19-16(12-14-8-4-10-20-14)18-17(15-9-5-11-21-15)13-6-2-1-3-7-13/h1-11,17H,12H2,(H,18,19)/t17-/m1/s1. The summed E-state index contributed by atoms with van der Waals surface area (Å²) in [7, 11) is 0. The molecule has 0 saturated carbocycles. The highest BCUT2D eigenvalue weighted by Gasteiger charge is 2.17. The van der Waals surface area contributed by atoms with Crippen molar-refractivity contribution in [2.45, 2.75) is 12.5 Å². The van der Waals surface area contributed by atoms with Crippen LogP contribution < -0.4 is 5.32 Å². The van der Waals surface area contributed by atoms with Crippen LogP contribution in [0, 0.1) is 0 Å². The molecule has 0 fully saturated rings. The van der Waals surface area contributed by atoms with E-state index >= 15 is 0 Å². The van der Waals surface area contributed by atoms with Crippen molar-refractivity contribution in [1.82, 2.24) is 5.32 Å². The van der Waals surface area contributed by atoms with Crippen molar-refractivity contribution in [2.24, 2.45) is 0 Å². The van der Waals surface area contributed by atoms with Crippen molar-refractivity contribution in [3.8, 4) is 0 Å². The van der Waals surface area contributed by atoms with E-state index in [4.69, 9.17) is 0 Å². The molecule has 0 aliphatic rings. The van der Waals surface area contributed by atoms with Crippen molar-refractivity contribution < 1.29 is 4.79 Å². The SMILES string of the molecule is O=C(Cc1cccs1)N[C@H](c1ccccc1)c1cccs1. The van der Waals surface area contributed by atoms with Gasteiger partial charge < -0.3 is 5.32 Å². The quantitative estimate of drug-likeness (QED) is 0.749. The number of amides is 1. The van der Waals surface area contributed by atoms with E-state index in [1.165, 1.54) is 0 Å². The molecular formula is C17H15NOS2. The van der Waals surface area contributed by atoms with Crippen LogP contribution in [0.15, 0.2) is 65.4 Å². The van der Waals surface area contributed by atoms with Crippen LogP contribution in [0.3, 0.4) is 0 Å². The first kappa shape index (κ1) is 14.0. The van der Waals surface area contributed by atoms with Gasteiger partial charge in [-0.1, -0.05) is 42.5 Å². The maximum absolute atomic E-state index is 12.3. The lowest BCUT2D eigenvalue weighted by Gasteiger charge is -2.18.